The van der Waals surface area contributed by atoms with E-state index in [0.29, 0.717) is 66.1 Å². The second-order valence-electron chi connectivity index (χ2n) is 4.91. The molecule has 0 aliphatic rings. The fourth-order valence-electron chi connectivity index (χ4n) is 1.77. The number of para-hydroxylation sites is 1. The predicted octanol–water partition coefficient (Wildman–Crippen LogP) is 2.58. The summed E-state index contributed by atoms with van der Waals surface area (Å²) in [5.74, 6) is 0.858. The lowest BCUT2D eigenvalue weighted by Gasteiger charge is -2.08. The summed E-state index contributed by atoms with van der Waals surface area (Å²) in [5, 5.41) is 0. The van der Waals surface area contributed by atoms with Crippen molar-refractivity contribution >= 4 is 22.6 Å². The number of alkyl halides is 1. The molecule has 0 amide bonds. The van der Waals surface area contributed by atoms with Gasteiger partial charge < -0.3 is 28.4 Å². The molecule has 0 fully saturated rings. The van der Waals surface area contributed by atoms with E-state index < -0.39 is 0 Å². The summed E-state index contributed by atoms with van der Waals surface area (Å²) >= 11 is 2.28. The van der Waals surface area contributed by atoms with E-state index >= 15 is 0 Å². The van der Waals surface area contributed by atoms with Crippen LogP contribution in [-0.2, 0) is 23.7 Å². The molecule has 0 spiro atoms. The largest absolute Gasteiger partial charge is 0.491 e. The van der Waals surface area contributed by atoms with E-state index in [2.05, 4.69) is 22.6 Å². The van der Waals surface area contributed by atoms with Crippen molar-refractivity contribution in [2.24, 2.45) is 0 Å². The number of halogens is 1. The quantitative estimate of drug-likeness (QED) is 0.188. The highest BCUT2D eigenvalue weighted by Gasteiger charge is 1.94. The van der Waals surface area contributed by atoms with Crippen LogP contribution in [0.15, 0.2) is 30.3 Å². The fraction of sp³-hybridized carbons (Fsp3) is 0.667. The van der Waals surface area contributed by atoms with Gasteiger partial charge in [-0.2, -0.15) is 0 Å². The van der Waals surface area contributed by atoms with Crippen LogP contribution in [0.2, 0.25) is 0 Å². The van der Waals surface area contributed by atoms with Gasteiger partial charge in [-0.05, 0) is 12.1 Å². The summed E-state index contributed by atoms with van der Waals surface area (Å²) in [4.78, 5) is 0. The minimum absolute atomic E-state index is 0.538. The maximum atomic E-state index is 5.52. The second kappa shape index (κ2) is 18.3. The van der Waals surface area contributed by atoms with E-state index in [0.717, 1.165) is 16.8 Å². The molecule has 6 nitrogen and oxygen atoms in total. The molecule has 1 rings (SSSR count). The van der Waals surface area contributed by atoms with E-state index in [4.69, 9.17) is 28.4 Å². The topological polar surface area (TPSA) is 55.4 Å². The average molecular weight is 468 g/mol. The van der Waals surface area contributed by atoms with Gasteiger partial charge in [-0.15, -0.1) is 0 Å². The highest BCUT2D eigenvalue weighted by atomic mass is 127. The van der Waals surface area contributed by atoms with E-state index in [1.807, 2.05) is 30.3 Å². The van der Waals surface area contributed by atoms with Crippen LogP contribution in [0.1, 0.15) is 0 Å². The van der Waals surface area contributed by atoms with Crippen molar-refractivity contribution in [3.63, 3.8) is 0 Å². The Morgan fingerprint density at radius 2 is 0.920 bits per heavy atom. The zero-order valence-electron chi connectivity index (χ0n) is 14.7. The lowest BCUT2D eigenvalue weighted by atomic mass is 10.3. The van der Waals surface area contributed by atoms with E-state index in [1.54, 1.807) is 0 Å². The van der Waals surface area contributed by atoms with Crippen molar-refractivity contribution in [3.05, 3.63) is 30.3 Å². The first kappa shape index (κ1) is 22.6. The van der Waals surface area contributed by atoms with Gasteiger partial charge in [0.25, 0.3) is 0 Å². The second-order valence-corrected chi connectivity index (χ2v) is 5.99. The summed E-state index contributed by atoms with van der Waals surface area (Å²) in [6.45, 7) is 6.50. The lowest BCUT2D eigenvalue weighted by Crippen LogP contribution is -2.14. The van der Waals surface area contributed by atoms with Crippen molar-refractivity contribution in [2.75, 3.05) is 77.1 Å². The molecule has 0 heterocycles. The van der Waals surface area contributed by atoms with Crippen molar-refractivity contribution in [3.8, 4) is 5.75 Å². The Labute approximate surface area is 164 Å². The smallest absolute Gasteiger partial charge is 0.119 e. The number of benzene rings is 1. The van der Waals surface area contributed by atoms with Crippen molar-refractivity contribution in [1.82, 2.24) is 0 Å². The first-order valence-corrected chi connectivity index (χ1v) is 10.1. The highest BCUT2D eigenvalue weighted by molar-refractivity contribution is 14.1. The molecule has 25 heavy (non-hydrogen) atoms. The van der Waals surface area contributed by atoms with Gasteiger partial charge in [0.15, 0.2) is 0 Å². The van der Waals surface area contributed by atoms with E-state index in [1.165, 1.54) is 0 Å². The van der Waals surface area contributed by atoms with Gasteiger partial charge in [-0.3, -0.25) is 0 Å². The monoisotopic (exact) mass is 468 g/mol. The van der Waals surface area contributed by atoms with Gasteiger partial charge in [-0.1, -0.05) is 40.8 Å². The van der Waals surface area contributed by atoms with Crippen molar-refractivity contribution < 1.29 is 28.4 Å². The summed E-state index contributed by atoms with van der Waals surface area (Å²) in [6.07, 6.45) is 0. The third-order valence-corrected chi connectivity index (χ3v) is 3.39. The molecule has 0 radical (unpaired) electrons. The summed E-state index contributed by atoms with van der Waals surface area (Å²) < 4.78 is 33.4. The van der Waals surface area contributed by atoms with Crippen LogP contribution in [0.5, 0.6) is 5.75 Å². The van der Waals surface area contributed by atoms with Gasteiger partial charge in [0, 0.05) is 4.43 Å². The Balaban J connectivity index is 1.69. The zero-order chi connectivity index (χ0) is 17.8. The SMILES string of the molecule is ICCOCCOCCOCCOCCOCCOc1ccccc1. The molecule has 7 heteroatoms. The molecule has 0 N–H and O–H groups in total. The molecule has 0 atom stereocenters. The van der Waals surface area contributed by atoms with Crippen LogP contribution in [0.3, 0.4) is 0 Å². The Morgan fingerprint density at radius 3 is 1.36 bits per heavy atom. The molecule has 1 aromatic carbocycles. The standard InChI is InChI=1S/C18H29IO6/c19-6-7-20-8-9-21-10-11-22-12-13-23-14-15-24-16-17-25-18-4-2-1-3-5-18/h1-5H,6-17H2. The molecule has 0 saturated carbocycles. The van der Waals surface area contributed by atoms with Crippen LogP contribution in [-0.4, -0.2) is 77.1 Å². The number of ether oxygens (including phenoxy) is 6. The van der Waals surface area contributed by atoms with Crippen LogP contribution in [0.4, 0.5) is 0 Å². The molecule has 1 aromatic rings. The van der Waals surface area contributed by atoms with Crippen LogP contribution in [0.25, 0.3) is 0 Å². The average Bonchev–Trinajstić information content (AvgIpc) is 2.65. The normalized spacial score (nSPS) is 10.9. The van der Waals surface area contributed by atoms with E-state index in [9.17, 15) is 0 Å². The number of rotatable bonds is 18. The maximum absolute atomic E-state index is 5.52. The molecule has 0 aliphatic heterocycles. The van der Waals surface area contributed by atoms with Crippen molar-refractivity contribution in [2.45, 2.75) is 0 Å². The highest BCUT2D eigenvalue weighted by Crippen LogP contribution is 2.07. The third kappa shape index (κ3) is 15.5. The third-order valence-electron chi connectivity index (χ3n) is 2.95. The Kier molecular flexibility index (Phi) is 16.6. The van der Waals surface area contributed by atoms with Gasteiger partial charge in [0.1, 0.15) is 12.4 Å². The van der Waals surface area contributed by atoms with Gasteiger partial charge in [0.05, 0.1) is 66.1 Å². The van der Waals surface area contributed by atoms with E-state index in [-0.39, 0.29) is 0 Å². The minimum Gasteiger partial charge on any atom is -0.491 e. The molecular formula is C18H29IO6. The molecule has 0 aliphatic carbocycles. The Morgan fingerprint density at radius 1 is 0.520 bits per heavy atom. The first-order chi connectivity index (χ1) is 12.4. The van der Waals surface area contributed by atoms with Gasteiger partial charge >= 0.3 is 0 Å². The molecule has 0 bridgehead atoms. The fourth-order valence-corrected chi connectivity index (χ4v) is 2.08. The van der Waals surface area contributed by atoms with Crippen LogP contribution in [0, 0.1) is 0 Å². The maximum Gasteiger partial charge on any atom is 0.119 e. The molecular weight excluding hydrogens is 439 g/mol. The molecule has 0 saturated heterocycles. The summed E-state index contributed by atoms with van der Waals surface area (Å²) in [5.41, 5.74) is 0. The van der Waals surface area contributed by atoms with Gasteiger partial charge in [-0.25, -0.2) is 0 Å². The molecule has 144 valence electrons. The zero-order valence-corrected chi connectivity index (χ0v) is 16.9. The van der Waals surface area contributed by atoms with Crippen LogP contribution >= 0.6 is 22.6 Å². The summed E-state index contributed by atoms with van der Waals surface area (Å²) in [7, 11) is 0. The Bertz CT molecular complexity index is 379. The van der Waals surface area contributed by atoms with Gasteiger partial charge in [0.2, 0.25) is 0 Å². The summed E-state index contributed by atoms with van der Waals surface area (Å²) in [6, 6.07) is 9.70. The number of hydrogen-bond acceptors (Lipinski definition) is 6. The van der Waals surface area contributed by atoms with Crippen molar-refractivity contribution in [1.29, 1.82) is 0 Å². The number of hydrogen-bond donors (Lipinski definition) is 0. The first-order valence-electron chi connectivity index (χ1n) is 8.56. The lowest BCUT2D eigenvalue weighted by molar-refractivity contribution is -0.0117. The molecule has 0 aromatic heterocycles. The predicted molar refractivity (Wildman–Crippen MR) is 105 cm³/mol. The van der Waals surface area contributed by atoms with Crippen LogP contribution < -0.4 is 4.74 Å². The Hall–Kier alpha value is -0.450. The molecule has 0 unspecified atom stereocenters. The minimum atomic E-state index is 0.538.